The van der Waals surface area contributed by atoms with Crippen LogP contribution in [0.2, 0.25) is 0 Å². The van der Waals surface area contributed by atoms with Crippen LogP contribution >= 0.6 is 0 Å². The molecule has 1 aliphatic carbocycles. The predicted octanol–water partition coefficient (Wildman–Crippen LogP) is 2.03. The van der Waals surface area contributed by atoms with Crippen LogP contribution in [0.5, 0.6) is 0 Å². The smallest absolute Gasteiger partial charge is 0.240 e. The molecule has 20 heavy (non-hydrogen) atoms. The molecule has 4 nitrogen and oxygen atoms in total. The summed E-state index contributed by atoms with van der Waals surface area (Å²) < 4.78 is 0. The Labute approximate surface area is 120 Å². The van der Waals surface area contributed by atoms with E-state index >= 15 is 0 Å². The number of hydrogen-bond donors (Lipinski definition) is 1. The number of rotatable bonds is 5. The first-order valence-corrected chi connectivity index (χ1v) is 7.08. The first-order valence-electron chi connectivity index (χ1n) is 7.08. The van der Waals surface area contributed by atoms with Gasteiger partial charge < -0.3 is 10.6 Å². The van der Waals surface area contributed by atoms with Crippen molar-refractivity contribution in [1.82, 2.24) is 4.90 Å². The lowest BCUT2D eigenvalue weighted by molar-refractivity contribution is -0.134. The van der Waals surface area contributed by atoms with E-state index in [9.17, 15) is 4.79 Å². The number of carbonyl (C=O) groups is 1. The molecule has 1 aromatic rings. The molecular formula is C16H21N3O. The third-order valence-electron chi connectivity index (χ3n) is 3.68. The van der Waals surface area contributed by atoms with E-state index in [4.69, 9.17) is 11.0 Å². The van der Waals surface area contributed by atoms with Crippen LogP contribution in [-0.2, 0) is 11.3 Å². The lowest BCUT2D eigenvalue weighted by Gasteiger charge is -2.27. The molecule has 1 aromatic carbocycles. The number of nitrogens with two attached hydrogens (primary N) is 1. The van der Waals surface area contributed by atoms with E-state index in [0.29, 0.717) is 18.2 Å². The zero-order chi connectivity index (χ0) is 14.7. The fraction of sp³-hybridized carbons (Fsp3) is 0.500. The summed E-state index contributed by atoms with van der Waals surface area (Å²) >= 11 is 0. The highest BCUT2D eigenvalue weighted by Crippen LogP contribution is 2.29. The van der Waals surface area contributed by atoms with Gasteiger partial charge in [0, 0.05) is 12.6 Å². The van der Waals surface area contributed by atoms with Crippen LogP contribution in [-0.4, -0.2) is 22.9 Å². The Morgan fingerprint density at radius 3 is 2.75 bits per heavy atom. The Morgan fingerprint density at radius 2 is 2.20 bits per heavy atom. The van der Waals surface area contributed by atoms with Crippen LogP contribution < -0.4 is 5.73 Å². The van der Waals surface area contributed by atoms with Gasteiger partial charge in [-0.05, 0) is 36.5 Å². The summed E-state index contributed by atoms with van der Waals surface area (Å²) in [7, 11) is 0. The van der Waals surface area contributed by atoms with E-state index in [1.807, 2.05) is 36.9 Å². The number of carbonyl (C=O) groups excluding carboxylic acids is 1. The largest absolute Gasteiger partial charge is 0.334 e. The van der Waals surface area contributed by atoms with Gasteiger partial charge in [-0.1, -0.05) is 26.0 Å². The minimum atomic E-state index is -0.449. The number of benzene rings is 1. The molecule has 0 radical (unpaired) electrons. The van der Waals surface area contributed by atoms with Gasteiger partial charge in [0.2, 0.25) is 5.91 Å². The maximum atomic E-state index is 12.5. The maximum Gasteiger partial charge on any atom is 0.240 e. The van der Waals surface area contributed by atoms with Gasteiger partial charge in [-0.15, -0.1) is 0 Å². The van der Waals surface area contributed by atoms with E-state index in [-0.39, 0.29) is 11.8 Å². The highest BCUT2D eigenvalue weighted by molar-refractivity contribution is 5.82. The number of hydrogen-bond acceptors (Lipinski definition) is 3. The van der Waals surface area contributed by atoms with Crippen LogP contribution in [0, 0.1) is 17.2 Å². The van der Waals surface area contributed by atoms with Crippen molar-refractivity contribution in [1.29, 1.82) is 5.26 Å². The highest BCUT2D eigenvalue weighted by atomic mass is 16.2. The summed E-state index contributed by atoms with van der Waals surface area (Å²) in [5.41, 5.74) is 7.60. The van der Waals surface area contributed by atoms with Gasteiger partial charge in [0.15, 0.2) is 0 Å². The molecule has 2 rings (SSSR count). The van der Waals surface area contributed by atoms with Gasteiger partial charge >= 0.3 is 0 Å². The Morgan fingerprint density at radius 1 is 1.50 bits per heavy atom. The molecule has 1 amide bonds. The molecule has 0 spiro atoms. The average Bonchev–Trinajstić information content (AvgIpc) is 3.27. The number of nitriles is 1. The van der Waals surface area contributed by atoms with Gasteiger partial charge in [0.1, 0.15) is 0 Å². The maximum absolute atomic E-state index is 12.5. The Bertz CT molecular complexity index is 529. The van der Waals surface area contributed by atoms with E-state index < -0.39 is 6.04 Å². The summed E-state index contributed by atoms with van der Waals surface area (Å²) in [6.07, 6.45) is 2.10. The molecule has 2 N–H and O–H groups in total. The molecule has 4 heteroatoms. The van der Waals surface area contributed by atoms with Gasteiger partial charge in [0.25, 0.3) is 0 Å². The van der Waals surface area contributed by atoms with Crippen LogP contribution in [0.3, 0.4) is 0 Å². The summed E-state index contributed by atoms with van der Waals surface area (Å²) in [6.45, 7) is 4.47. The zero-order valence-electron chi connectivity index (χ0n) is 12.0. The quantitative estimate of drug-likeness (QED) is 0.890. The van der Waals surface area contributed by atoms with E-state index in [1.54, 1.807) is 6.07 Å². The highest BCUT2D eigenvalue weighted by Gasteiger charge is 2.35. The standard InChI is InChI=1S/C16H21N3O/c1-11(2)15(18)16(20)19(14-6-7-14)10-13-5-3-4-12(8-13)9-17/h3-5,8,11,14-15H,6-7,10,18H2,1-2H3/t15-/m0/s1. The molecule has 0 aliphatic heterocycles. The van der Waals surface area contributed by atoms with Gasteiger partial charge in [-0.2, -0.15) is 5.26 Å². The van der Waals surface area contributed by atoms with Crippen molar-refractivity contribution in [2.75, 3.05) is 0 Å². The van der Waals surface area contributed by atoms with Crippen molar-refractivity contribution in [3.05, 3.63) is 35.4 Å². The fourth-order valence-electron chi connectivity index (χ4n) is 2.19. The molecule has 1 aliphatic rings. The van der Waals surface area contributed by atoms with Crippen molar-refractivity contribution in [2.45, 2.75) is 45.3 Å². The van der Waals surface area contributed by atoms with Crippen LogP contribution in [0.25, 0.3) is 0 Å². The van der Waals surface area contributed by atoms with Crippen molar-refractivity contribution in [3.8, 4) is 6.07 Å². The van der Waals surface area contributed by atoms with Crippen molar-refractivity contribution in [2.24, 2.45) is 11.7 Å². The van der Waals surface area contributed by atoms with E-state index in [1.165, 1.54) is 0 Å². The lowest BCUT2D eigenvalue weighted by Crippen LogP contribution is -2.47. The first-order chi connectivity index (χ1) is 9.52. The summed E-state index contributed by atoms with van der Waals surface area (Å²) in [6, 6.07) is 9.40. The second-order valence-electron chi connectivity index (χ2n) is 5.78. The Balaban J connectivity index is 2.13. The normalized spacial score (nSPS) is 15.8. The van der Waals surface area contributed by atoms with E-state index in [2.05, 4.69) is 6.07 Å². The number of nitrogens with zero attached hydrogens (tertiary/aromatic N) is 2. The minimum absolute atomic E-state index is 0.0184. The van der Waals surface area contributed by atoms with Crippen LogP contribution in [0.4, 0.5) is 0 Å². The topological polar surface area (TPSA) is 70.1 Å². The fourth-order valence-corrected chi connectivity index (χ4v) is 2.19. The zero-order valence-corrected chi connectivity index (χ0v) is 12.0. The Hall–Kier alpha value is -1.86. The SMILES string of the molecule is CC(C)[C@H](N)C(=O)N(Cc1cccc(C#N)c1)C1CC1. The minimum Gasteiger partial charge on any atom is -0.334 e. The van der Waals surface area contributed by atoms with Gasteiger partial charge in [-0.25, -0.2) is 0 Å². The number of amides is 1. The second-order valence-corrected chi connectivity index (χ2v) is 5.78. The first kappa shape index (κ1) is 14.5. The van der Waals surface area contributed by atoms with Crippen LogP contribution in [0.1, 0.15) is 37.8 Å². The summed E-state index contributed by atoms with van der Waals surface area (Å²) in [5.74, 6) is 0.152. The van der Waals surface area contributed by atoms with E-state index in [0.717, 1.165) is 18.4 Å². The molecule has 0 heterocycles. The molecule has 0 saturated heterocycles. The third kappa shape index (κ3) is 3.37. The van der Waals surface area contributed by atoms with Crippen molar-refractivity contribution in [3.63, 3.8) is 0 Å². The average molecular weight is 271 g/mol. The van der Waals surface area contributed by atoms with Crippen LogP contribution in [0.15, 0.2) is 24.3 Å². The molecule has 1 saturated carbocycles. The second kappa shape index (κ2) is 6.06. The molecule has 1 atom stereocenters. The molecule has 0 bridgehead atoms. The van der Waals surface area contributed by atoms with Crippen molar-refractivity contribution < 1.29 is 4.79 Å². The molecule has 1 fully saturated rings. The summed E-state index contributed by atoms with van der Waals surface area (Å²) in [4.78, 5) is 14.3. The molecule has 0 aromatic heterocycles. The third-order valence-corrected chi connectivity index (χ3v) is 3.68. The van der Waals surface area contributed by atoms with Gasteiger partial charge in [0.05, 0.1) is 17.7 Å². The van der Waals surface area contributed by atoms with Gasteiger partial charge in [-0.3, -0.25) is 4.79 Å². The molecular weight excluding hydrogens is 250 g/mol. The lowest BCUT2D eigenvalue weighted by atomic mass is 10.0. The Kier molecular flexibility index (Phi) is 4.41. The van der Waals surface area contributed by atoms with Crippen molar-refractivity contribution >= 4 is 5.91 Å². The molecule has 106 valence electrons. The summed E-state index contributed by atoms with van der Waals surface area (Å²) in [5, 5.41) is 8.94. The monoisotopic (exact) mass is 271 g/mol. The predicted molar refractivity (Wildman–Crippen MR) is 77.5 cm³/mol. The molecule has 0 unspecified atom stereocenters.